The lowest BCUT2D eigenvalue weighted by Gasteiger charge is -2.25. The van der Waals surface area contributed by atoms with Gasteiger partial charge in [0.2, 0.25) is 5.91 Å². The van der Waals surface area contributed by atoms with Gasteiger partial charge in [-0.05, 0) is 44.0 Å². The number of nitrogens with one attached hydrogen (secondary N) is 2. The summed E-state index contributed by atoms with van der Waals surface area (Å²) < 4.78 is 40.5. The fraction of sp³-hybridized carbons (Fsp3) is 0.391. The van der Waals surface area contributed by atoms with Gasteiger partial charge in [0, 0.05) is 24.4 Å². The van der Waals surface area contributed by atoms with Crippen LogP contribution in [0.3, 0.4) is 0 Å². The van der Waals surface area contributed by atoms with Gasteiger partial charge in [-0.1, -0.05) is 42.1 Å². The maximum absolute atomic E-state index is 13.5. The molecular weight excluding hydrogens is 437 g/mol. The normalized spacial score (nSPS) is 19.7. The number of carbonyl (C=O) groups excluding carboxylic acids is 1. The van der Waals surface area contributed by atoms with E-state index in [-0.39, 0.29) is 29.3 Å². The molecule has 0 radical (unpaired) electrons. The van der Waals surface area contributed by atoms with E-state index in [1.807, 2.05) is 43.0 Å². The molecule has 170 valence electrons. The smallest absolute Gasteiger partial charge is 0.353 e. The molecular formula is C23H25F3N4OS. The van der Waals surface area contributed by atoms with Crippen LogP contribution in [0.4, 0.5) is 13.2 Å². The fourth-order valence-corrected chi connectivity index (χ4v) is 5.25. The van der Waals surface area contributed by atoms with Crippen LogP contribution in [-0.2, 0) is 17.5 Å². The Morgan fingerprint density at radius 1 is 1.22 bits per heavy atom. The average Bonchev–Trinajstić information content (AvgIpc) is 3.30. The van der Waals surface area contributed by atoms with E-state index in [0.29, 0.717) is 13.0 Å². The molecule has 1 aliphatic heterocycles. The summed E-state index contributed by atoms with van der Waals surface area (Å²) in [5.74, 6) is -0.155. The molecule has 2 heterocycles. The van der Waals surface area contributed by atoms with E-state index in [9.17, 15) is 18.0 Å². The van der Waals surface area contributed by atoms with E-state index >= 15 is 0 Å². The number of thioether (sulfide) groups is 1. The Morgan fingerprint density at radius 3 is 2.66 bits per heavy atom. The van der Waals surface area contributed by atoms with Gasteiger partial charge in [0.15, 0.2) is 5.16 Å². The Labute approximate surface area is 188 Å². The first kappa shape index (κ1) is 22.7. The lowest BCUT2D eigenvalue weighted by atomic mass is 10.1. The third-order valence-corrected chi connectivity index (χ3v) is 6.53. The lowest BCUT2D eigenvalue weighted by Crippen LogP contribution is -2.45. The highest BCUT2D eigenvalue weighted by Gasteiger charge is 2.40. The molecule has 2 aromatic carbocycles. The molecule has 1 amide bonds. The van der Waals surface area contributed by atoms with E-state index in [1.54, 1.807) is 6.07 Å². The van der Waals surface area contributed by atoms with Crippen molar-refractivity contribution < 1.29 is 18.0 Å². The molecule has 3 aromatic rings. The average molecular weight is 463 g/mol. The Kier molecular flexibility index (Phi) is 6.48. The fourth-order valence-electron chi connectivity index (χ4n) is 4.07. The van der Waals surface area contributed by atoms with Gasteiger partial charge in [0.1, 0.15) is 0 Å². The van der Waals surface area contributed by atoms with Gasteiger partial charge in [0.25, 0.3) is 0 Å². The molecule has 1 aromatic heterocycles. The first-order valence-corrected chi connectivity index (χ1v) is 11.4. The topological polar surface area (TPSA) is 61.0 Å². The number of rotatable bonds is 6. The second-order valence-electron chi connectivity index (χ2n) is 8.30. The molecule has 0 bridgehead atoms. The molecule has 4 rings (SSSR count). The SMILES string of the molecule is CC(C)NC(=O)[C@@H]1C[C@H](Sc2nc3ccccc3[nH]2)CN1Cc1ccccc1C(F)(F)F. The number of alkyl halides is 3. The third kappa shape index (κ3) is 5.10. The number of imidazole rings is 1. The van der Waals surface area contributed by atoms with Gasteiger partial charge in [-0.25, -0.2) is 4.98 Å². The van der Waals surface area contributed by atoms with Crippen LogP contribution >= 0.6 is 11.8 Å². The number of hydrogen-bond acceptors (Lipinski definition) is 4. The molecule has 0 aliphatic carbocycles. The van der Waals surface area contributed by atoms with Crippen molar-refractivity contribution in [2.24, 2.45) is 0 Å². The number of amides is 1. The highest BCUT2D eigenvalue weighted by molar-refractivity contribution is 7.99. The van der Waals surface area contributed by atoms with Crippen LogP contribution in [0.1, 0.15) is 31.4 Å². The number of aromatic amines is 1. The van der Waals surface area contributed by atoms with Crippen molar-refractivity contribution in [3.63, 3.8) is 0 Å². The van der Waals surface area contributed by atoms with Gasteiger partial charge >= 0.3 is 6.18 Å². The summed E-state index contributed by atoms with van der Waals surface area (Å²) in [5.41, 5.74) is 1.31. The summed E-state index contributed by atoms with van der Waals surface area (Å²) in [5, 5.41) is 3.69. The number of hydrogen-bond donors (Lipinski definition) is 2. The van der Waals surface area contributed by atoms with Crippen molar-refractivity contribution in [3.8, 4) is 0 Å². The summed E-state index contributed by atoms with van der Waals surface area (Å²) in [4.78, 5) is 22.6. The van der Waals surface area contributed by atoms with Gasteiger partial charge in [-0.3, -0.25) is 9.69 Å². The van der Waals surface area contributed by atoms with Crippen LogP contribution in [0.5, 0.6) is 0 Å². The van der Waals surface area contributed by atoms with Crippen molar-refractivity contribution in [1.82, 2.24) is 20.2 Å². The molecule has 2 atom stereocenters. The number of benzene rings is 2. The Balaban J connectivity index is 1.56. The predicted molar refractivity (Wildman–Crippen MR) is 119 cm³/mol. The van der Waals surface area contributed by atoms with E-state index in [2.05, 4.69) is 15.3 Å². The van der Waals surface area contributed by atoms with Crippen LogP contribution < -0.4 is 5.32 Å². The van der Waals surface area contributed by atoms with Gasteiger partial charge < -0.3 is 10.3 Å². The number of fused-ring (bicyclic) bond motifs is 1. The molecule has 1 fully saturated rings. The Hall–Kier alpha value is -2.52. The lowest BCUT2D eigenvalue weighted by molar-refractivity contribution is -0.138. The van der Waals surface area contributed by atoms with E-state index in [0.717, 1.165) is 22.3 Å². The van der Waals surface area contributed by atoms with Crippen LogP contribution in [0.15, 0.2) is 53.7 Å². The van der Waals surface area contributed by atoms with Crippen molar-refractivity contribution in [3.05, 3.63) is 59.7 Å². The number of nitrogens with zero attached hydrogens (tertiary/aromatic N) is 2. The maximum Gasteiger partial charge on any atom is 0.416 e. The number of H-pyrrole nitrogens is 1. The largest absolute Gasteiger partial charge is 0.416 e. The number of halogens is 3. The summed E-state index contributed by atoms with van der Waals surface area (Å²) >= 11 is 1.53. The molecule has 1 aliphatic rings. The van der Waals surface area contributed by atoms with Crippen molar-refractivity contribution in [1.29, 1.82) is 0 Å². The number of para-hydroxylation sites is 2. The summed E-state index contributed by atoms with van der Waals surface area (Å²) in [6.45, 7) is 4.29. The van der Waals surface area contributed by atoms with Crippen molar-refractivity contribution in [2.75, 3.05) is 6.54 Å². The highest BCUT2D eigenvalue weighted by Crippen LogP contribution is 2.36. The van der Waals surface area contributed by atoms with E-state index < -0.39 is 17.8 Å². The number of carbonyl (C=O) groups is 1. The van der Waals surface area contributed by atoms with Crippen molar-refractivity contribution in [2.45, 2.75) is 55.5 Å². The van der Waals surface area contributed by atoms with E-state index in [4.69, 9.17) is 0 Å². The minimum absolute atomic E-state index is 0.0246. The molecule has 5 nitrogen and oxygen atoms in total. The van der Waals surface area contributed by atoms with Gasteiger partial charge in [-0.2, -0.15) is 13.2 Å². The molecule has 9 heteroatoms. The summed E-state index contributed by atoms with van der Waals surface area (Å²) in [6.07, 6.45) is -3.90. The molecule has 0 unspecified atom stereocenters. The zero-order chi connectivity index (χ0) is 22.9. The first-order chi connectivity index (χ1) is 15.2. The van der Waals surface area contributed by atoms with Crippen molar-refractivity contribution >= 4 is 28.7 Å². The van der Waals surface area contributed by atoms with Gasteiger partial charge in [-0.15, -0.1) is 0 Å². The number of likely N-dealkylation sites (tertiary alicyclic amines) is 1. The van der Waals surface area contributed by atoms with E-state index in [1.165, 1.54) is 23.9 Å². The Bertz CT molecular complexity index is 1070. The zero-order valence-corrected chi connectivity index (χ0v) is 18.6. The molecule has 32 heavy (non-hydrogen) atoms. The standard InChI is InChI=1S/C23H25F3N4OS/c1-14(2)27-21(31)20-11-16(32-22-28-18-9-5-6-10-19(18)29-22)13-30(20)12-15-7-3-4-8-17(15)23(24,25)26/h3-10,14,16,20H,11-13H2,1-2H3,(H,27,31)(H,28,29)/t16-,20-/m0/s1. The molecule has 0 spiro atoms. The minimum atomic E-state index is -4.44. The summed E-state index contributed by atoms with van der Waals surface area (Å²) in [6, 6.07) is 12.7. The maximum atomic E-state index is 13.5. The summed E-state index contributed by atoms with van der Waals surface area (Å²) in [7, 11) is 0. The van der Waals surface area contributed by atoms with Crippen LogP contribution in [-0.4, -0.2) is 44.7 Å². The zero-order valence-electron chi connectivity index (χ0n) is 17.8. The quantitative estimate of drug-likeness (QED) is 0.550. The monoisotopic (exact) mass is 462 g/mol. The minimum Gasteiger partial charge on any atom is -0.353 e. The van der Waals surface area contributed by atoms with Crippen LogP contribution in [0.2, 0.25) is 0 Å². The third-order valence-electron chi connectivity index (χ3n) is 5.44. The van der Waals surface area contributed by atoms with Crippen LogP contribution in [0, 0.1) is 0 Å². The second-order valence-corrected chi connectivity index (χ2v) is 9.59. The second kappa shape index (κ2) is 9.15. The first-order valence-electron chi connectivity index (χ1n) is 10.5. The predicted octanol–water partition coefficient (Wildman–Crippen LogP) is 4.84. The number of aromatic nitrogens is 2. The highest BCUT2D eigenvalue weighted by atomic mass is 32.2. The molecule has 2 N–H and O–H groups in total. The Morgan fingerprint density at radius 2 is 1.94 bits per heavy atom. The van der Waals surface area contributed by atoms with Crippen LogP contribution in [0.25, 0.3) is 11.0 Å². The van der Waals surface area contributed by atoms with Gasteiger partial charge in [0.05, 0.1) is 22.6 Å². The molecule has 0 saturated carbocycles. The molecule has 1 saturated heterocycles.